The van der Waals surface area contributed by atoms with E-state index in [0.717, 1.165) is 4.83 Å². The van der Waals surface area contributed by atoms with Crippen LogP contribution in [0.4, 0.5) is 0 Å². The van der Waals surface area contributed by atoms with E-state index < -0.39 is 6.10 Å². The highest BCUT2D eigenvalue weighted by atomic mass is 32.1. The third-order valence-electron chi connectivity index (χ3n) is 3.08. The number of nitrogens with zero attached hydrogens (tertiary/aromatic N) is 2. The number of hydrogen-bond donors (Lipinski definition) is 2. The third kappa shape index (κ3) is 2.45. The van der Waals surface area contributed by atoms with Crippen LogP contribution in [0.5, 0.6) is 0 Å². The molecule has 1 saturated carbocycles. The van der Waals surface area contributed by atoms with Crippen molar-refractivity contribution in [3.8, 4) is 0 Å². The maximum absolute atomic E-state index is 12.1. The van der Waals surface area contributed by atoms with E-state index in [1.807, 2.05) is 5.38 Å². The van der Waals surface area contributed by atoms with Gasteiger partial charge in [0.1, 0.15) is 4.83 Å². The van der Waals surface area contributed by atoms with E-state index in [1.54, 1.807) is 6.07 Å². The Balaban J connectivity index is 1.72. The minimum Gasteiger partial charge on any atom is -0.390 e. The molecule has 2 N–H and O–H groups in total. The lowest BCUT2D eigenvalue weighted by molar-refractivity contribution is 0.149. The quantitative estimate of drug-likeness (QED) is 0.829. The fraction of sp³-hybridized carbons (Fsp3) is 0.500. The summed E-state index contributed by atoms with van der Waals surface area (Å²) in [7, 11) is 0. The van der Waals surface area contributed by atoms with Gasteiger partial charge in [-0.25, -0.2) is 4.98 Å². The first-order valence-electron chi connectivity index (χ1n) is 6.08. The number of hydrogen-bond acceptors (Lipinski definition) is 5. The minimum atomic E-state index is -0.554. The fourth-order valence-electron chi connectivity index (χ4n) is 1.91. The first-order chi connectivity index (χ1) is 8.74. The second-order valence-corrected chi connectivity index (χ2v) is 5.57. The lowest BCUT2D eigenvalue weighted by Crippen LogP contribution is -2.34. The summed E-state index contributed by atoms with van der Waals surface area (Å²) < 4.78 is 1.48. The van der Waals surface area contributed by atoms with Gasteiger partial charge in [-0.3, -0.25) is 9.36 Å². The average Bonchev–Trinajstić information content (AvgIpc) is 3.06. The zero-order chi connectivity index (χ0) is 12.5. The van der Waals surface area contributed by atoms with E-state index in [2.05, 4.69) is 10.3 Å². The molecule has 18 heavy (non-hydrogen) atoms. The zero-order valence-electron chi connectivity index (χ0n) is 9.87. The predicted octanol–water partition coefficient (Wildman–Crippen LogP) is 0.571. The molecule has 0 amide bonds. The number of rotatable bonds is 5. The second kappa shape index (κ2) is 4.79. The van der Waals surface area contributed by atoms with Crippen LogP contribution in [0.1, 0.15) is 12.8 Å². The van der Waals surface area contributed by atoms with E-state index in [4.69, 9.17) is 0 Å². The van der Waals surface area contributed by atoms with Gasteiger partial charge in [0.15, 0.2) is 0 Å². The molecule has 1 fully saturated rings. The Labute approximate surface area is 108 Å². The first kappa shape index (κ1) is 11.8. The maximum atomic E-state index is 12.1. The van der Waals surface area contributed by atoms with Gasteiger partial charge in [0, 0.05) is 12.6 Å². The van der Waals surface area contributed by atoms with Gasteiger partial charge in [-0.05, 0) is 24.3 Å². The molecule has 1 aliphatic rings. The summed E-state index contributed by atoms with van der Waals surface area (Å²) in [5.41, 5.74) is -0.0771. The fourth-order valence-corrected chi connectivity index (χ4v) is 2.63. The summed E-state index contributed by atoms with van der Waals surface area (Å²) in [6.07, 6.45) is 3.34. The highest BCUT2D eigenvalue weighted by Gasteiger charge is 2.21. The summed E-state index contributed by atoms with van der Waals surface area (Å²) in [5, 5.41) is 15.6. The van der Waals surface area contributed by atoms with Crippen LogP contribution in [0.2, 0.25) is 0 Å². The number of aliphatic hydroxyl groups is 1. The Morgan fingerprint density at radius 3 is 3.22 bits per heavy atom. The van der Waals surface area contributed by atoms with Crippen molar-refractivity contribution in [3.05, 3.63) is 28.1 Å². The van der Waals surface area contributed by atoms with E-state index in [-0.39, 0.29) is 12.1 Å². The van der Waals surface area contributed by atoms with Gasteiger partial charge in [0.05, 0.1) is 24.4 Å². The van der Waals surface area contributed by atoms with Gasteiger partial charge < -0.3 is 10.4 Å². The highest BCUT2D eigenvalue weighted by molar-refractivity contribution is 7.16. The van der Waals surface area contributed by atoms with E-state index in [9.17, 15) is 9.90 Å². The van der Waals surface area contributed by atoms with Crippen molar-refractivity contribution in [2.24, 2.45) is 0 Å². The van der Waals surface area contributed by atoms with E-state index in [0.29, 0.717) is 18.0 Å². The number of aliphatic hydroxyl groups excluding tert-OH is 1. The third-order valence-corrected chi connectivity index (χ3v) is 3.90. The number of nitrogens with one attached hydrogen (secondary N) is 1. The molecule has 0 saturated heterocycles. The Hall–Kier alpha value is -1.24. The molecule has 3 rings (SSSR count). The molecule has 1 unspecified atom stereocenters. The van der Waals surface area contributed by atoms with Gasteiger partial charge in [-0.15, -0.1) is 11.3 Å². The van der Waals surface area contributed by atoms with Crippen molar-refractivity contribution < 1.29 is 5.11 Å². The standard InChI is InChI=1S/C12H15N3O2S/c16-9(5-13-8-1-2-8)6-15-7-14-11-10(12(15)17)3-4-18-11/h3-4,7-9,13,16H,1-2,5-6H2. The molecule has 0 spiro atoms. The maximum Gasteiger partial charge on any atom is 0.262 e. The van der Waals surface area contributed by atoms with Crippen LogP contribution in [0.3, 0.4) is 0 Å². The van der Waals surface area contributed by atoms with Crippen LogP contribution < -0.4 is 10.9 Å². The smallest absolute Gasteiger partial charge is 0.262 e. The monoisotopic (exact) mass is 265 g/mol. The molecule has 2 aromatic heterocycles. The Morgan fingerprint density at radius 2 is 2.44 bits per heavy atom. The summed E-state index contributed by atoms with van der Waals surface area (Å²) in [6, 6.07) is 2.34. The summed E-state index contributed by atoms with van der Waals surface area (Å²) in [5.74, 6) is 0. The molecule has 0 aromatic carbocycles. The van der Waals surface area contributed by atoms with Crippen LogP contribution in [0.25, 0.3) is 10.2 Å². The van der Waals surface area contributed by atoms with Gasteiger partial charge in [0.25, 0.3) is 5.56 Å². The summed E-state index contributed by atoms with van der Waals surface area (Å²) in [4.78, 5) is 17.0. The molecule has 1 aliphatic carbocycles. The lowest BCUT2D eigenvalue weighted by atomic mass is 10.3. The van der Waals surface area contributed by atoms with Crippen molar-refractivity contribution in [3.63, 3.8) is 0 Å². The number of thiophene rings is 1. The van der Waals surface area contributed by atoms with Gasteiger partial charge in [-0.2, -0.15) is 0 Å². The molecule has 0 aliphatic heterocycles. The molecule has 96 valence electrons. The van der Waals surface area contributed by atoms with Crippen molar-refractivity contribution >= 4 is 21.6 Å². The van der Waals surface area contributed by atoms with Crippen molar-refractivity contribution in [1.29, 1.82) is 0 Å². The minimum absolute atomic E-state index is 0.0771. The second-order valence-electron chi connectivity index (χ2n) is 4.68. The lowest BCUT2D eigenvalue weighted by Gasteiger charge is -2.12. The van der Waals surface area contributed by atoms with Crippen LogP contribution in [-0.4, -0.2) is 33.3 Å². The molecule has 0 bridgehead atoms. The average molecular weight is 265 g/mol. The Bertz CT molecular complexity index is 603. The zero-order valence-corrected chi connectivity index (χ0v) is 10.7. The van der Waals surface area contributed by atoms with Crippen LogP contribution >= 0.6 is 11.3 Å². The van der Waals surface area contributed by atoms with E-state index >= 15 is 0 Å². The van der Waals surface area contributed by atoms with Crippen molar-refractivity contribution in [2.45, 2.75) is 31.5 Å². The van der Waals surface area contributed by atoms with Gasteiger partial charge in [-0.1, -0.05) is 0 Å². The molecule has 2 heterocycles. The van der Waals surface area contributed by atoms with Crippen LogP contribution in [0.15, 0.2) is 22.6 Å². The Morgan fingerprint density at radius 1 is 1.61 bits per heavy atom. The number of fused-ring (bicyclic) bond motifs is 1. The summed E-state index contributed by atoms with van der Waals surface area (Å²) in [6.45, 7) is 0.816. The molecule has 1 atom stereocenters. The van der Waals surface area contributed by atoms with Crippen molar-refractivity contribution in [1.82, 2.24) is 14.9 Å². The molecule has 6 heteroatoms. The SMILES string of the molecule is O=c1c2ccsc2ncn1CC(O)CNC1CC1. The van der Waals surface area contributed by atoms with Crippen LogP contribution in [-0.2, 0) is 6.54 Å². The van der Waals surface area contributed by atoms with Crippen LogP contribution in [0, 0.1) is 0 Å². The molecule has 5 nitrogen and oxygen atoms in total. The largest absolute Gasteiger partial charge is 0.390 e. The normalized spacial score (nSPS) is 17.2. The van der Waals surface area contributed by atoms with Gasteiger partial charge >= 0.3 is 0 Å². The van der Waals surface area contributed by atoms with Gasteiger partial charge in [0.2, 0.25) is 0 Å². The Kier molecular flexibility index (Phi) is 3.15. The topological polar surface area (TPSA) is 67.2 Å². The molecule has 0 radical (unpaired) electrons. The first-order valence-corrected chi connectivity index (χ1v) is 6.96. The predicted molar refractivity (Wildman–Crippen MR) is 70.9 cm³/mol. The van der Waals surface area contributed by atoms with E-state index in [1.165, 1.54) is 35.1 Å². The molecular formula is C12H15N3O2S. The summed E-state index contributed by atoms with van der Waals surface area (Å²) >= 11 is 1.45. The number of aromatic nitrogens is 2. The van der Waals surface area contributed by atoms with Crippen molar-refractivity contribution in [2.75, 3.05) is 6.54 Å². The highest BCUT2D eigenvalue weighted by Crippen LogP contribution is 2.18. The molecular weight excluding hydrogens is 250 g/mol. The molecule has 2 aromatic rings.